The molecule has 0 radical (unpaired) electrons. The van der Waals surface area contributed by atoms with Crippen LogP contribution in [0.25, 0.3) is 23.1 Å². The first kappa shape index (κ1) is 36.3. The van der Waals surface area contributed by atoms with Gasteiger partial charge in [0.15, 0.2) is 0 Å². The van der Waals surface area contributed by atoms with E-state index in [1.54, 1.807) is 0 Å². The van der Waals surface area contributed by atoms with Crippen LogP contribution in [0.5, 0.6) is 0 Å². The molecule has 0 aliphatic heterocycles. The number of carbonyl (C=O) groups is 1. The molecule has 6 nitrogen and oxygen atoms in total. The predicted octanol–water partition coefficient (Wildman–Crippen LogP) is 9.16. The molecule has 1 heterocycles. The number of thiol groups is 1. The fourth-order valence-electron chi connectivity index (χ4n) is 7.46. The molecular weight excluding hydrogens is 662 g/mol. The number of nitrogens with zero attached hydrogens (tertiary/aromatic N) is 1. The highest BCUT2D eigenvalue weighted by atomic mass is 35.5. The van der Waals surface area contributed by atoms with Crippen LogP contribution in [-0.2, 0) is 26.9 Å². The van der Waals surface area contributed by atoms with E-state index in [4.69, 9.17) is 33.8 Å². The van der Waals surface area contributed by atoms with E-state index in [1.807, 2.05) is 76.2 Å². The lowest BCUT2D eigenvalue weighted by molar-refractivity contribution is -0.128. The highest BCUT2D eigenvalue weighted by Crippen LogP contribution is 2.64. The Labute approximate surface area is 294 Å². The second-order valence-corrected chi connectivity index (χ2v) is 16.8. The molecule has 9 heteroatoms. The summed E-state index contributed by atoms with van der Waals surface area (Å²) in [6.45, 7) is 7.55. The number of benzene rings is 3. The number of halogens is 1. The van der Waals surface area contributed by atoms with E-state index in [-0.39, 0.29) is 22.4 Å². The molecule has 0 unspecified atom stereocenters. The van der Waals surface area contributed by atoms with E-state index < -0.39 is 26.9 Å². The Morgan fingerprint density at radius 3 is 2.44 bits per heavy atom. The fraction of sp³-hybridized carbons (Fsp3) is 0.385. The van der Waals surface area contributed by atoms with Crippen molar-refractivity contribution in [3.8, 4) is 0 Å². The molecule has 6 rings (SSSR count). The lowest BCUT2D eigenvalue weighted by Crippen LogP contribution is -2.42. The molecule has 48 heavy (non-hydrogen) atoms. The first-order valence-electron chi connectivity index (χ1n) is 16.3. The van der Waals surface area contributed by atoms with Crippen LogP contribution in [0.4, 0.5) is 0 Å². The number of aryl methyl sites for hydroxylation is 1. The Hall–Kier alpha value is -3.01. The maximum absolute atomic E-state index is 11.9. The van der Waals surface area contributed by atoms with Gasteiger partial charge in [-0.15, -0.1) is 0 Å². The van der Waals surface area contributed by atoms with Gasteiger partial charge in [-0.25, -0.2) is 4.98 Å². The molecule has 254 valence electrons. The lowest BCUT2D eigenvalue weighted by atomic mass is 9.70. The molecule has 2 bridgehead atoms. The number of fused-ring (bicyclic) bond motifs is 3. The number of hydrogen-bond donors (Lipinski definition) is 3. The van der Waals surface area contributed by atoms with E-state index in [1.165, 1.54) is 11.1 Å². The maximum atomic E-state index is 11.9. The second-order valence-electron chi connectivity index (χ2n) is 14.2. The molecule has 1 aromatic heterocycles. The van der Waals surface area contributed by atoms with Crippen LogP contribution >= 0.6 is 24.2 Å². The van der Waals surface area contributed by atoms with Crippen LogP contribution in [0.3, 0.4) is 0 Å². The molecule has 0 saturated heterocycles. The number of ketones is 1. The predicted molar refractivity (Wildman–Crippen MR) is 199 cm³/mol. The van der Waals surface area contributed by atoms with Gasteiger partial charge in [-0.1, -0.05) is 92.2 Å². The molecule has 3 atom stereocenters. The summed E-state index contributed by atoms with van der Waals surface area (Å²) in [5.74, 6) is -0.101. The number of Topliss-reactive ketones (excluding diaryl/α,β-unsaturated/α-hetero) is 1. The summed E-state index contributed by atoms with van der Waals surface area (Å²) in [4.78, 5) is 16.6. The van der Waals surface area contributed by atoms with Crippen LogP contribution < -0.4 is 0 Å². The summed E-state index contributed by atoms with van der Waals surface area (Å²) in [5, 5.41) is 12.3. The third-order valence-electron chi connectivity index (χ3n) is 10.3. The van der Waals surface area contributed by atoms with Crippen molar-refractivity contribution in [3.63, 3.8) is 0 Å². The Balaban J connectivity index is 0.000000250. The number of pyridine rings is 1. The zero-order chi connectivity index (χ0) is 34.9. The number of carbonyl (C=O) groups excluding carboxylic acids is 1. The van der Waals surface area contributed by atoms with Crippen molar-refractivity contribution in [1.82, 2.24) is 4.98 Å². The molecule has 2 saturated carbocycles. The van der Waals surface area contributed by atoms with Gasteiger partial charge in [0.05, 0.1) is 28.0 Å². The highest BCUT2D eigenvalue weighted by molar-refractivity contribution is 7.85. The minimum absolute atomic E-state index is 0.0152. The zero-order valence-corrected chi connectivity index (χ0v) is 30.3. The minimum Gasteiger partial charge on any atom is -0.386 e. The van der Waals surface area contributed by atoms with Gasteiger partial charge in [0.1, 0.15) is 5.78 Å². The van der Waals surface area contributed by atoms with Gasteiger partial charge in [-0.3, -0.25) is 9.35 Å². The Bertz CT molecular complexity index is 1950. The number of aromatic nitrogens is 1. The smallest absolute Gasteiger partial charge is 0.265 e. The monoisotopic (exact) mass is 705 g/mol. The first-order valence-corrected chi connectivity index (χ1v) is 18.8. The van der Waals surface area contributed by atoms with Crippen molar-refractivity contribution in [2.45, 2.75) is 70.7 Å². The van der Waals surface area contributed by atoms with Crippen molar-refractivity contribution >= 4 is 63.2 Å². The van der Waals surface area contributed by atoms with Gasteiger partial charge in [0, 0.05) is 22.1 Å². The molecule has 4 aromatic rings. The van der Waals surface area contributed by atoms with Crippen LogP contribution in [0.15, 0.2) is 78.9 Å². The topological polar surface area (TPSA) is 105 Å². The number of hydrogen-bond acceptors (Lipinski definition) is 6. The summed E-state index contributed by atoms with van der Waals surface area (Å²) >= 11 is 11.0. The summed E-state index contributed by atoms with van der Waals surface area (Å²) in [7, 11) is -4.08. The lowest BCUT2D eigenvalue weighted by Gasteiger charge is -2.35. The van der Waals surface area contributed by atoms with E-state index >= 15 is 0 Å². The third-order valence-corrected chi connectivity index (χ3v) is 12.0. The van der Waals surface area contributed by atoms with Gasteiger partial charge < -0.3 is 5.11 Å². The van der Waals surface area contributed by atoms with Gasteiger partial charge in [0.25, 0.3) is 10.1 Å². The van der Waals surface area contributed by atoms with Gasteiger partial charge >= 0.3 is 0 Å². The summed E-state index contributed by atoms with van der Waals surface area (Å²) in [6, 6.07) is 26.4. The van der Waals surface area contributed by atoms with Crippen molar-refractivity contribution in [1.29, 1.82) is 0 Å². The average molecular weight is 706 g/mol. The largest absolute Gasteiger partial charge is 0.386 e. The van der Waals surface area contributed by atoms with Crippen molar-refractivity contribution in [2.75, 3.05) is 5.75 Å². The van der Waals surface area contributed by atoms with Crippen LogP contribution in [0.2, 0.25) is 5.02 Å². The molecule has 0 amide bonds. The Kier molecular flexibility index (Phi) is 10.6. The second kappa shape index (κ2) is 14.1. The van der Waals surface area contributed by atoms with E-state index in [0.29, 0.717) is 17.9 Å². The molecule has 0 spiro atoms. The maximum Gasteiger partial charge on any atom is 0.265 e. The fourth-order valence-corrected chi connectivity index (χ4v) is 9.22. The minimum atomic E-state index is -4.08. The molecule has 2 aliphatic carbocycles. The van der Waals surface area contributed by atoms with E-state index in [2.05, 4.69) is 42.5 Å². The molecule has 2 N–H and O–H groups in total. The third kappa shape index (κ3) is 8.06. The number of rotatable bonds is 9. The standard InChI is InChI=1S/C29H28ClNOS.C10H16O4S/c1-29(2,32)26-9-4-3-7-21(26)13-17-28(33)23-8-5-6-20(18-23)10-15-25-16-12-22-11-14-24(30)19-27(22)31-25;1-9(2)7-3-4-10(9,8(11)5-7)6-15(12,13)14/h3-12,14-16,18-19,28,32-33H,13,17H2,1-2H3;7H,3-6H2,1-2H3,(H,12,13,14)/b15-10+;/t28-;7-,10-/m10/s1. The normalized spacial score (nSPS) is 21.0. The van der Waals surface area contributed by atoms with E-state index in [9.17, 15) is 18.3 Å². The van der Waals surface area contributed by atoms with Crippen LogP contribution in [0.1, 0.15) is 86.6 Å². The summed E-state index contributed by atoms with van der Waals surface area (Å²) in [6.07, 6.45) is 7.81. The molecule has 2 aliphatic rings. The summed E-state index contributed by atoms with van der Waals surface area (Å²) in [5.41, 5.74) is 4.24. The van der Waals surface area contributed by atoms with Crippen molar-refractivity contribution in [3.05, 3.63) is 112 Å². The summed E-state index contributed by atoms with van der Waals surface area (Å²) < 4.78 is 31.0. The van der Waals surface area contributed by atoms with Gasteiger partial charge in [0.2, 0.25) is 0 Å². The zero-order valence-electron chi connectivity index (χ0n) is 27.9. The molecular formula is C39H44ClNO5S2. The average Bonchev–Trinajstić information content (AvgIpc) is 3.36. The Morgan fingerprint density at radius 2 is 1.77 bits per heavy atom. The van der Waals surface area contributed by atoms with Crippen molar-refractivity contribution < 1.29 is 22.9 Å². The van der Waals surface area contributed by atoms with Gasteiger partial charge in [-0.2, -0.15) is 21.0 Å². The number of aliphatic hydroxyl groups is 1. The molecule has 2 fully saturated rings. The van der Waals surface area contributed by atoms with Crippen molar-refractivity contribution in [2.24, 2.45) is 16.7 Å². The van der Waals surface area contributed by atoms with E-state index in [0.717, 1.165) is 47.0 Å². The molecule has 3 aromatic carbocycles. The highest BCUT2D eigenvalue weighted by Gasteiger charge is 2.65. The quantitative estimate of drug-likeness (QED) is 0.119. The first-order chi connectivity index (χ1) is 22.5. The van der Waals surface area contributed by atoms with Crippen LogP contribution in [0, 0.1) is 16.7 Å². The SMILES string of the molecule is CC(C)(O)c1ccccc1CC[C@@H](S)c1cccc(/C=C/c2ccc3ccc(Cl)cc3n2)c1.CC1(C)[C@H]2CC[C@]1(CS(=O)(=O)O)C(=O)C2. The van der Waals surface area contributed by atoms with Crippen LogP contribution in [-0.4, -0.2) is 34.6 Å². The Morgan fingerprint density at radius 1 is 1.04 bits per heavy atom. The van der Waals surface area contributed by atoms with Gasteiger partial charge in [-0.05, 0) is 97.4 Å².